The van der Waals surface area contributed by atoms with Crippen molar-refractivity contribution in [3.8, 4) is 0 Å². The van der Waals surface area contributed by atoms with Crippen molar-refractivity contribution in [3.05, 3.63) is 44.6 Å². The number of H-pyrrole nitrogens is 1. The van der Waals surface area contributed by atoms with Gasteiger partial charge in [-0.2, -0.15) is 0 Å². The minimum absolute atomic E-state index is 0.174. The molecule has 0 unspecified atom stereocenters. The zero-order valence-electron chi connectivity index (χ0n) is 16.9. The van der Waals surface area contributed by atoms with Crippen molar-refractivity contribution in [2.24, 2.45) is 5.92 Å². The molecular formula is C21H27N5O3. The number of amides is 1. The number of hydrogen-bond acceptors (Lipinski definition) is 4. The van der Waals surface area contributed by atoms with Gasteiger partial charge in [0.15, 0.2) is 0 Å². The maximum absolute atomic E-state index is 13.1. The number of rotatable bonds is 5. The van der Waals surface area contributed by atoms with Gasteiger partial charge in [-0.25, -0.2) is 14.3 Å². The molecule has 4 rings (SSSR count). The molecule has 154 valence electrons. The van der Waals surface area contributed by atoms with Crippen LogP contribution in [0.1, 0.15) is 62.7 Å². The number of fused-ring (bicyclic) bond motifs is 3. The third kappa shape index (κ3) is 3.71. The lowest BCUT2D eigenvalue weighted by atomic mass is 9.95. The Balaban J connectivity index is 1.78. The van der Waals surface area contributed by atoms with Crippen molar-refractivity contribution in [1.29, 1.82) is 0 Å². The van der Waals surface area contributed by atoms with Crippen LogP contribution in [-0.2, 0) is 6.54 Å². The predicted octanol–water partition coefficient (Wildman–Crippen LogP) is 2.45. The molecule has 29 heavy (non-hydrogen) atoms. The van der Waals surface area contributed by atoms with Crippen LogP contribution in [0.3, 0.4) is 0 Å². The topological polar surface area (TPSA) is 101 Å². The summed E-state index contributed by atoms with van der Waals surface area (Å²) >= 11 is 0. The molecule has 0 aliphatic heterocycles. The summed E-state index contributed by atoms with van der Waals surface area (Å²) < 4.78 is 2.91. The van der Waals surface area contributed by atoms with Gasteiger partial charge in [0.05, 0.1) is 10.9 Å². The Labute approximate surface area is 167 Å². The maximum Gasteiger partial charge on any atom is 0.349 e. The van der Waals surface area contributed by atoms with Gasteiger partial charge in [0.25, 0.3) is 11.5 Å². The standard InChI is InChI=1S/C21H27N5O3/c1-13(2)10-11-25-19(28)16-9-8-14(18(27)22-15-6-4-3-5-7-15)12-17(16)26-20(25)23-24-21(26)29/h8-9,12-13,15H,3-7,10-11H2,1-2H3,(H,22,27)(H,24,29). The average molecular weight is 397 g/mol. The molecule has 1 aliphatic rings. The molecule has 8 heteroatoms. The Kier molecular flexibility index (Phi) is 5.25. The smallest absolute Gasteiger partial charge is 0.349 e. The van der Waals surface area contributed by atoms with E-state index in [-0.39, 0.29) is 23.3 Å². The summed E-state index contributed by atoms with van der Waals surface area (Å²) in [7, 11) is 0. The highest BCUT2D eigenvalue weighted by molar-refractivity contribution is 5.98. The molecule has 0 spiro atoms. The van der Waals surface area contributed by atoms with Crippen LogP contribution in [0.2, 0.25) is 0 Å². The van der Waals surface area contributed by atoms with Gasteiger partial charge < -0.3 is 5.32 Å². The van der Waals surface area contributed by atoms with E-state index in [2.05, 4.69) is 29.4 Å². The highest BCUT2D eigenvalue weighted by atomic mass is 16.2. The van der Waals surface area contributed by atoms with Crippen molar-refractivity contribution < 1.29 is 4.79 Å². The first-order valence-electron chi connectivity index (χ1n) is 10.4. The largest absolute Gasteiger partial charge is 0.349 e. The fraction of sp³-hybridized carbons (Fsp3) is 0.524. The van der Waals surface area contributed by atoms with Crippen LogP contribution in [0, 0.1) is 5.92 Å². The van der Waals surface area contributed by atoms with E-state index in [9.17, 15) is 14.4 Å². The molecule has 1 amide bonds. The molecule has 3 aromatic rings. The number of hydrogen-bond donors (Lipinski definition) is 2. The summed E-state index contributed by atoms with van der Waals surface area (Å²) in [5.74, 6) is 0.514. The number of benzene rings is 1. The zero-order valence-corrected chi connectivity index (χ0v) is 16.9. The summed E-state index contributed by atoms with van der Waals surface area (Å²) in [5.41, 5.74) is 0.220. The number of nitrogens with one attached hydrogen (secondary N) is 2. The minimum atomic E-state index is -0.423. The minimum Gasteiger partial charge on any atom is -0.349 e. The number of carbonyl (C=O) groups excluding carboxylic acids is 1. The normalized spacial score (nSPS) is 15.4. The molecule has 2 aromatic heterocycles. The van der Waals surface area contributed by atoms with Crippen LogP contribution < -0.4 is 16.6 Å². The summed E-state index contributed by atoms with van der Waals surface area (Å²) in [6.45, 7) is 4.64. The zero-order chi connectivity index (χ0) is 20.5. The molecule has 2 heterocycles. The lowest BCUT2D eigenvalue weighted by molar-refractivity contribution is 0.0928. The Bertz CT molecular complexity index is 1160. The van der Waals surface area contributed by atoms with Crippen molar-refractivity contribution in [1.82, 2.24) is 24.5 Å². The second-order valence-electron chi connectivity index (χ2n) is 8.34. The number of aromatic amines is 1. The van der Waals surface area contributed by atoms with Gasteiger partial charge in [0.2, 0.25) is 5.78 Å². The van der Waals surface area contributed by atoms with E-state index in [0.29, 0.717) is 28.9 Å². The number of aromatic nitrogens is 4. The Morgan fingerprint density at radius 3 is 2.72 bits per heavy atom. The molecule has 1 aliphatic carbocycles. The van der Waals surface area contributed by atoms with Gasteiger partial charge in [-0.15, -0.1) is 5.10 Å². The van der Waals surface area contributed by atoms with Crippen molar-refractivity contribution in [2.45, 2.75) is 65.0 Å². The SMILES string of the molecule is CC(C)CCn1c(=O)c2ccc(C(=O)NC3CCCCC3)cc2n2c(=O)[nH]nc12. The molecule has 0 atom stereocenters. The molecule has 0 bridgehead atoms. The van der Waals surface area contributed by atoms with Gasteiger partial charge in [-0.1, -0.05) is 33.1 Å². The highest BCUT2D eigenvalue weighted by Crippen LogP contribution is 2.19. The molecule has 1 saturated carbocycles. The first-order chi connectivity index (χ1) is 14.0. The third-order valence-electron chi connectivity index (χ3n) is 5.74. The van der Waals surface area contributed by atoms with E-state index in [0.717, 1.165) is 32.1 Å². The van der Waals surface area contributed by atoms with E-state index in [1.807, 2.05) is 0 Å². The lowest BCUT2D eigenvalue weighted by Crippen LogP contribution is -2.36. The summed E-state index contributed by atoms with van der Waals surface area (Å²) in [4.78, 5) is 38.2. The molecule has 1 aromatic carbocycles. The fourth-order valence-electron chi connectivity index (χ4n) is 4.07. The van der Waals surface area contributed by atoms with Gasteiger partial charge >= 0.3 is 5.69 Å². The number of carbonyl (C=O) groups is 1. The van der Waals surface area contributed by atoms with E-state index < -0.39 is 5.69 Å². The van der Waals surface area contributed by atoms with Gasteiger partial charge in [-0.3, -0.25) is 14.2 Å². The number of nitrogens with zero attached hydrogens (tertiary/aromatic N) is 3. The molecule has 1 fully saturated rings. The second-order valence-corrected chi connectivity index (χ2v) is 8.34. The van der Waals surface area contributed by atoms with E-state index in [4.69, 9.17) is 0 Å². The quantitative estimate of drug-likeness (QED) is 0.690. The Hall–Kier alpha value is -2.90. The fourth-order valence-corrected chi connectivity index (χ4v) is 4.07. The molecule has 2 N–H and O–H groups in total. The van der Waals surface area contributed by atoms with Crippen LogP contribution in [0.25, 0.3) is 16.7 Å². The highest BCUT2D eigenvalue weighted by Gasteiger charge is 2.19. The summed E-state index contributed by atoms with van der Waals surface area (Å²) in [6.07, 6.45) is 6.25. The van der Waals surface area contributed by atoms with Gasteiger partial charge in [0, 0.05) is 18.2 Å². The third-order valence-corrected chi connectivity index (χ3v) is 5.74. The van der Waals surface area contributed by atoms with Crippen molar-refractivity contribution in [3.63, 3.8) is 0 Å². The van der Waals surface area contributed by atoms with Crippen LogP contribution in [-0.4, -0.2) is 31.1 Å². The monoisotopic (exact) mass is 397 g/mol. The molecule has 8 nitrogen and oxygen atoms in total. The van der Waals surface area contributed by atoms with Crippen LogP contribution in [0.4, 0.5) is 0 Å². The van der Waals surface area contributed by atoms with Crippen LogP contribution in [0.5, 0.6) is 0 Å². The summed E-state index contributed by atoms with van der Waals surface area (Å²) in [5, 5.41) is 9.98. The molecule has 0 saturated heterocycles. The first kappa shape index (κ1) is 19.4. The molecular weight excluding hydrogens is 370 g/mol. The molecule has 0 radical (unpaired) electrons. The van der Waals surface area contributed by atoms with Crippen molar-refractivity contribution >= 4 is 22.6 Å². The predicted molar refractivity (Wildman–Crippen MR) is 111 cm³/mol. The van der Waals surface area contributed by atoms with Crippen LogP contribution >= 0.6 is 0 Å². The van der Waals surface area contributed by atoms with E-state index in [1.165, 1.54) is 15.4 Å². The Morgan fingerprint density at radius 2 is 2.00 bits per heavy atom. The van der Waals surface area contributed by atoms with Crippen molar-refractivity contribution in [2.75, 3.05) is 0 Å². The van der Waals surface area contributed by atoms with Gasteiger partial charge in [0.1, 0.15) is 0 Å². The summed E-state index contributed by atoms with van der Waals surface area (Å²) in [6, 6.07) is 5.10. The van der Waals surface area contributed by atoms with E-state index >= 15 is 0 Å². The average Bonchev–Trinajstić information content (AvgIpc) is 3.09. The maximum atomic E-state index is 13.1. The first-order valence-corrected chi connectivity index (χ1v) is 10.4. The van der Waals surface area contributed by atoms with E-state index in [1.54, 1.807) is 18.2 Å². The van der Waals surface area contributed by atoms with Gasteiger partial charge in [-0.05, 0) is 43.4 Å². The lowest BCUT2D eigenvalue weighted by Gasteiger charge is -2.22. The Morgan fingerprint density at radius 1 is 1.24 bits per heavy atom. The van der Waals surface area contributed by atoms with Crippen LogP contribution in [0.15, 0.2) is 27.8 Å². The number of aryl methyl sites for hydroxylation is 1. The second kappa shape index (κ2) is 7.85.